The van der Waals surface area contributed by atoms with Gasteiger partial charge in [0.05, 0.1) is 10.6 Å². The van der Waals surface area contributed by atoms with Gasteiger partial charge >= 0.3 is 0 Å². The van der Waals surface area contributed by atoms with Crippen molar-refractivity contribution in [2.75, 3.05) is 32.1 Å². The van der Waals surface area contributed by atoms with Crippen molar-refractivity contribution in [3.05, 3.63) is 22.8 Å². The third-order valence-electron chi connectivity index (χ3n) is 3.25. The molecule has 2 rings (SSSR count). The van der Waals surface area contributed by atoms with Gasteiger partial charge in [-0.25, -0.2) is 4.98 Å². The first-order valence-corrected chi connectivity index (χ1v) is 6.77. The van der Waals surface area contributed by atoms with Gasteiger partial charge in [-0.15, -0.1) is 0 Å². The van der Waals surface area contributed by atoms with E-state index >= 15 is 0 Å². The van der Waals surface area contributed by atoms with E-state index < -0.39 is 0 Å². The number of carbonyl (C=O) groups is 1. The molecule has 2 N–H and O–H groups in total. The highest BCUT2D eigenvalue weighted by molar-refractivity contribution is 6.33. The van der Waals surface area contributed by atoms with Gasteiger partial charge in [-0.05, 0) is 24.8 Å². The van der Waals surface area contributed by atoms with Crippen molar-refractivity contribution in [3.63, 3.8) is 0 Å². The Morgan fingerprint density at radius 2 is 2.26 bits per heavy atom. The van der Waals surface area contributed by atoms with Gasteiger partial charge < -0.3 is 15.4 Å². The molecule has 1 saturated heterocycles. The molecule has 0 saturated carbocycles. The van der Waals surface area contributed by atoms with Gasteiger partial charge in [0.1, 0.15) is 5.82 Å². The fraction of sp³-hybridized carbons (Fsp3) is 0.538. The van der Waals surface area contributed by atoms with Crippen LogP contribution in [0.25, 0.3) is 0 Å². The van der Waals surface area contributed by atoms with Crippen LogP contribution in [0.4, 0.5) is 5.82 Å². The zero-order chi connectivity index (χ0) is 13.7. The van der Waals surface area contributed by atoms with E-state index in [0.717, 1.165) is 26.1 Å². The molecule has 1 amide bonds. The first-order chi connectivity index (χ1) is 9.20. The molecule has 0 bridgehead atoms. The van der Waals surface area contributed by atoms with Crippen molar-refractivity contribution in [3.8, 4) is 0 Å². The average molecular weight is 284 g/mol. The van der Waals surface area contributed by atoms with Crippen LogP contribution in [0, 0.1) is 5.92 Å². The molecule has 0 aromatic carbocycles. The zero-order valence-corrected chi connectivity index (χ0v) is 11.7. The Kier molecular flexibility index (Phi) is 4.99. The molecule has 104 valence electrons. The minimum absolute atomic E-state index is 0.157. The lowest BCUT2D eigenvalue weighted by Crippen LogP contribution is -2.32. The third kappa shape index (κ3) is 3.81. The van der Waals surface area contributed by atoms with Gasteiger partial charge in [0.2, 0.25) is 0 Å². The highest BCUT2D eigenvalue weighted by Gasteiger charge is 2.17. The van der Waals surface area contributed by atoms with Crippen LogP contribution in [-0.4, -0.2) is 37.7 Å². The first kappa shape index (κ1) is 14.1. The normalized spacial score (nSPS) is 16.1. The molecule has 1 fully saturated rings. The van der Waals surface area contributed by atoms with E-state index in [9.17, 15) is 4.79 Å². The Morgan fingerprint density at radius 1 is 1.53 bits per heavy atom. The topological polar surface area (TPSA) is 63.2 Å². The summed E-state index contributed by atoms with van der Waals surface area (Å²) in [6, 6.07) is 1.65. The molecule has 0 aliphatic carbocycles. The van der Waals surface area contributed by atoms with Crippen molar-refractivity contribution in [2.24, 2.45) is 5.92 Å². The summed E-state index contributed by atoms with van der Waals surface area (Å²) in [7, 11) is 1.75. The van der Waals surface area contributed by atoms with E-state index in [1.807, 2.05) is 0 Å². The minimum Gasteiger partial charge on any atom is -0.381 e. The number of aromatic nitrogens is 1. The number of rotatable bonds is 4. The predicted molar refractivity (Wildman–Crippen MR) is 74.7 cm³/mol. The number of pyridine rings is 1. The number of hydrogen-bond donors (Lipinski definition) is 2. The summed E-state index contributed by atoms with van der Waals surface area (Å²) in [5, 5.41) is 6.18. The van der Waals surface area contributed by atoms with E-state index in [0.29, 0.717) is 28.9 Å². The smallest absolute Gasteiger partial charge is 0.252 e. The molecule has 0 spiro atoms. The molecular weight excluding hydrogens is 266 g/mol. The predicted octanol–water partition coefficient (Wildman–Crippen LogP) is 1.93. The number of nitrogens with one attached hydrogen (secondary N) is 2. The molecule has 5 nitrogen and oxygen atoms in total. The Hall–Kier alpha value is -1.33. The van der Waals surface area contributed by atoms with E-state index in [1.165, 1.54) is 6.20 Å². The molecular formula is C13H18ClN3O2. The molecule has 0 radical (unpaired) electrons. The summed E-state index contributed by atoms with van der Waals surface area (Å²) >= 11 is 6.00. The molecule has 1 aliphatic heterocycles. The molecule has 0 unspecified atom stereocenters. The number of hydrogen-bond acceptors (Lipinski definition) is 4. The van der Waals surface area contributed by atoms with Gasteiger partial charge in [0.15, 0.2) is 0 Å². The van der Waals surface area contributed by atoms with E-state index in [4.69, 9.17) is 16.3 Å². The summed E-state index contributed by atoms with van der Waals surface area (Å²) in [6.45, 7) is 2.22. The lowest BCUT2D eigenvalue weighted by molar-refractivity contribution is 0.0642. The first-order valence-electron chi connectivity index (χ1n) is 6.40. The summed E-state index contributed by atoms with van der Waals surface area (Å²) in [4.78, 5) is 16.1. The zero-order valence-electron chi connectivity index (χ0n) is 10.9. The van der Waals surface area contributed by atoms with Gasteiger partial charge in [-0.3, -0.25) is 4.79 Å². The van der Waals surface area contributed by atoms with E-state index in [2.05, 4.69) is 15.6 Å². The lowest BCUT2D eigenvalue weighted by Gasteiger charge is -2.22. The maximum Gasteiger partial charge on any atom is 0.252 e. The standard InChI is InChI=1S/C13H18ClN3O2/c1-15-12-6-10(11(14)8-16-12)13(18)17-7-9-2-4-19-5-3-9/h6,8-9H,2-5,7H2,1H3,(H,15,16)(H,17,18). The molecule has 0 atom stereocenters. The molecule has 1 aromatic heterocycles. The fourth-order valence-electron chi connectivity index (χ4n) is 2.03. The highest BCUT2D eigenvalue weighted by Crippen LogP contribution is 2.18. The van der Waals surface area contributed by atoms with Crippen molar-refractivity contribution in [1.82, 2.24) is 10.3 Å². The van der Waals surface area contributed by atoms with Gasteiger partial charge in [0.25, 0.3) is 5.91 Å². The molecule has 1 aromatic rings. The van der Waals surface area contributed by atoms with Gasteiger partial charge in [-0.2, -0.15) is 0 Å². The van der Waals surface area contributed by atoms with Crippen molar-refractivity contribution in [1.29, 1.82) is 0 Å². The van der Waals surface area contributed by atoms with Crippen molar-refractivity contribution in [2.45, 2.75) is 12.8 Å². The van der Waals surface area contributed by atoms with Crippen LogP contribution in [0.3, 0.4) is 0 Å². The number of halogens is 1. The third-order valence-corrected chi connectivity index (χ3v) is 3.55. The maximum atomic E-state index is 12.1. The summed E-state index contributed by atoms with van der Waals surface area (Å²) in [5.41, 5.74) is 0.452. The van der Waals surface area contributed by atoms with Crippen LogP contribution >= 0.6 is 11.6 Å². The van der Waals surface area contributed by atoms with E-state index in [1.54, 1.807) is 13.1 Å². The SMILES string of the molecule is CNc1cc(C(=O)NCC2CCOCC2)c(Cl)cn1. The van der Waals surface area contributed by atoms with Crippen LogP contribution in [0.2, 0.25) is 5.02 Å². The fourth-order valence-corrected chi connectivity index (χ4v) is 2.22. The summed E-state index contributed by atoms with van der Waals surface area (Å²) < 4.78 is 5.29. The second-order valence-corrected chi connectivity index (χ2v) is 4.97. The number of anilines is 1. The number of carbonyl (C=O) groups excluding carboxylic acids is 1. The summed E-state index contributed by atoms with van der Waals surface area (Å²) in [6.07, 6.45) is 3.47. The van der Waals surface area contributed by atoms with Crippen molar-refractivity contribution < 1.29 is 9.53 Å². The number of ether oxygens (including phenoxy) is 1. The summed E-state index contributed by atoms with van der Waals surface area (Å²) in [5.74, 6) is 0.957. The van der Waals surface area contributed by atoms with Crippen LogP contribution in [0.15, 0.2) is 12.3 Å². The maximum absolute atomic E-state index is 12.1. The van der Waals surface area contributed by atoms with Gasteiger partial charge in [0, 0.05) is 33.0 Å². The Labute approximate surface area is 117 Å². The largest absolute Gasteiger partial charge is 0.381 e. The average Bonchev–Trinajstić information content (AvgIpc) is 2.46. The second kappa shape index (κ2) is 6.73. The molecule has 19 heavy (non-hydrogen) atoms. The Bertz CT molecular complexity index is 448. The van der Waals surface area contributed by atoms with Crippen LogP contribution in [0.1, 0.15) is 23.2 Å². The quantitative estimate of drug-likeness (QED) is 0.886. The monoisotopic (exact) mass is 283 g/mol. The Balaban J connectivity index is 1.95. The van der Waals surface area contributed by atoms with Crippen LogP contribution in [-0.2, 0) is 4.74 Å². The Morgan fingerprint density at radius 3 is 2.95 bits per heavy atom. The lowest BCUT2D eigenvalue weighted by atomic mass is 10.0. The highest BCUT2D eigenvalue weighted by atomic mass is 35.5. The van der Waals surface area contributed by atoms with Crippen molar-refractivity contribution >= 4 is 23.3 Å². The second-order valence-electron chi connectivity index (χ2n) is 4.57. The van der Waals surface area contributed by atoms with Gasteiger partial charge in [-0.1, -0.05) is 11.6 Å². The minimum atomic E-state index is -0.157. The van der Waals surface area contributed by atoms with E-state index in [-0.39, 0.29) is 5.91 Å². The number of nitrogens with zero attached hydrogens (tertiary/aromatic N) is 1. The molecule has 6 heteroatoms. The molecule has 1 aliphatic rings. The molecule has 2 heterocycles. The van der Waals surface area contributed by atoms with Crippen LogP contribution in [0.5, 0.6) is 0 Å². The number of amides is 1. The van der Waals surface area contributed by atoms with Crippen LogP contribution < -0.4 is 10.6 Å².